The van der Waals surface area contributed by atoms with Gasteiger partial charge in [-0.15, -0.1) is 11.6 Å². The second-order valence-corrected chi connectivity index (χ2v) is 5.25. The van der Waals surface area contributed by atoms with Gasteiger partial charge in [-0.1, -0.05) is 0 Å². The minimum atomic E-state index is -0.512. The van der Waals surface area contributed by atoms with Crippen molar-refractivity contribution in [2.45, 2.75) is 20.0 Å². The number of hydrogen-bond acceptors (Lipinski definition) is 3. The highest BCUT2D eigenvalue weighted by molar-refractivity contribution is 6.19. The third-order valence-electron chi connectivity index (χ3n) is 2.78. The van der Waals surface area contributed by atoms with E-state index in [1.165, 1.54) is 0 Å². The van der Waals surface area contributed by atoms with E-state index in [0.717, 1.165) is 19.7 Å². The third-order valence-corrected chi connectivity index (χ3v) is 3.45. The Bertz CT molecular complexity index is 246. The summed E-state index contributed by atoms with van der Waals surface area (Å²) in [7, 11) is 2.06. The van der Waals surface area contributed by atoms with Crippen molar-refractivity contribution in [3.63, 3.8) is 0 Å². The van der Waals surface area contributed by atoms with Crippen molar-refractivity contribution < 1.29 is 9.53 Å². The summed E-state index contributed by atoms with van der Waals surface area (Å²) in [5.74, 6) is 0.309. The van der Waals surface area contributed by atoms with Gasteiger partial charge < -0.3 is 15.0 Å². The highest BCUT2D eigenvalue weighted by Gasteiger charge is 2.27. The Labute approximate surface area is 102 Å². The molecule has 1 fully saturated rings. The fourth-order valence-corrected chi connectivity index (χ4v) is 1.62. The molecule has 0 radical (unpaired) electrons. The molecule has 16 heavy (non-hydrogen) atoms. The summed E-state index contributed by atoms with van der Waals surface area (Å²) in [5.41, 5.74) is -0.512. The Kier molecular flexibility index (Phi) is 5.02. The van der Waals surface area contributed by atoms with Crippen LogP contribution in [0.1, 0.15) is 13.8 Å². The number of likely N-dealkylation sites (N-methyl/N-ethyl adjacent to an activating group) is 1. The first-order valence-corrected chi connectivity index (χ1v) is 6.13. The van der Waals surface area contributed by atoms with E-state index in [1.807, 2.05) is 13.8 Å². The Morgan fingerprint density at radius 3 is 2.88 bits per heavy atom. The zero-order valence-corrected chi connectivity index (χ0v) is 11.0. The van der Waals surface area contributed by atoms with E-state index < -0.39 is 5.41 Å². The summed E-state index contributed by atoms with van der Waals surface area (Å²) in [5, 5.41) is 2.89. The van der Waals surface area contributed by atoms with Crippen LogP contribution in [0.5, 0.6) is 0 Å². The van der Waals surface area contributed by atoms with E-state index in [2.05, 4.69) is 17.3 Å². The summed E-state index contributed by atoms with van der Waals surface area (Å²) in [6.07, 6.45) is 0.0915. The highest BCUT2D eigenvalue weighted by atomic mass is 35.5. The number of nitrogens with zero attached hydrogens (tertiary/aromatic N) is 1. The average Bonchev–Trinajstić information content (AvgIpc) is 2.26. The third kappa shape index (κ3) is 3.92. The Morgan fingerprint density at radius 1 is 1.62 bits per heavy atom. The fraction of sp³-hybridized carbons (Fsp3) is 0.909. The lowest BCUT2D eigenvalue weighted by molar-refractivity contribution is -0.129. The molecule has 1 rings (SSSR count). The molecule has 0 aromatic heterocycles. The van der Waals surface area contributed by atoms with Gasteiger partial charge in [0.15, 0.2) is 0 Å². The maximum Gasteiger partial charge on any atom is 0.226 e. The van der Waals surface area contributed by atoms with Crippen LogP contribution in [0, 0.1) is 5.41 Å². The number of amides is 1. The molecule has 1 N–H and O–H groups in total. The van der Waals surface area contributed by atoms with Gasteiger partial charge in [0.2, 0.25) is 5.91 Å². The van der Waals surface area contributed by atoms with Crippen LogP contribution < -0.4 is 5.32 Å². The van der Waals surface area contributed by atoms with Gasteiger partial charge in [-0.3, -0.25) is 4.79 Å². The van der Waals surface area contributed by atoms with Crippen molar-refractivity contribution >= 4 is 17.5 Å². The molecule has 1 amide bonds. The lowest BCUT2D eigenvalue weighted by Gasteiger charge is -2.31. The first-order valence-electron chi connectivity index (χ1n) is 5.60. The molecule has 5 heteroatoms. The van der Waals surface area contributed by atoms with E-state index in [0.29, 0.717) is 12.4 Å². The number of halogens is 1. The summed E-state index contributed by atoms with van der Waals surface area (Å²) in [6.45, 7) is 6.78. The van der Waals surface area contributed by atoms with Gasteiger partial charge in [-0.2, -0.15) is 0 Å². The van der Waals surface area contributed by atoms with Crippen molar-refractivity contribution in [3.8, 4) is 0 Å². The molecular weight excluding hydrogens is 228 g/mol. The Hall–Kier alpha value is -0.320. The van der Waals surface area contributed by atoms with Crippen molar-refractivity contribution in [2.24, 2.45) is 5.41 Å². The number of morpholine rings is 1. The van der Waals surface area contributed by atoms with Crippen LogP contribution in [-0.4, -0.2) is 56.1 Å². The molecule has 0 aromatic carbocycles. The van der Waals surface area contributed by atoms with Crippen molar-refractivity contribution in [1.82, 2.24) is 10.2 Å². The summed E-state index contributed by atoms with van der Waals surface area (Å²) in [6, 6.07) is 0. The summed E-state index contributed by atoms with van der Waals surface area (Å²) in [4.78, 5) is 14.0. The predicted octanol–water partition coefficient (Wildman–Crippen LogP) is 0.698. The minimum absolute atomic E-state index is 0.0145. The van der Waals surface area contributed by atoms with Gasteiger partial charge in [0.25, 0.3) is 0 Å². The van der Waals surface area contributed by atoms with Crippen LogP contribution >= 0.6 is 11.6 Å². The van der Waals surface area contributed by atoms with Crippen LogP contribution in [0.2, 0.25) is 0 Å². The Morgan fingerprint density at radius 2 is 2.31 bits per heavy atom. The second-order valence-electron chi connectivity index (χ2n) is 4.98. The number of ether oxygens (including phenoxy) is 1. The topological polar surface area (TPSA) is 41.6 Å². The molecule has 0 aliphatic carbocycles. The van der Waals surface area contributed by atoms with Gasteiger partial charge in [0, 0.05) is 25.5 Å². The number of hydrogen-bond donors (Lipinski definition) is 1. The monoisotopic (exact) mass is 248 g/mol. The highest BCUT2D eigenvalue weighted by Crippen LogP contribution is 2.16. The quantitative estimate of drug-likeness (QED) is 0.745. The van der Waals surface area contributed by atoms with Crippen LogP contribution in [0.3, 0.4) is 0 Å². The number of carbonyl (C=O) groups is 1. The van der Waals surface area contributed by atoms with E-state index >= 15 is 0 Å². The lowest BCUT2D eigenvalue weighted by Crippen LogP contribution is -2.48. The van der Waals surface area contributed by atoms with Crippen molar-refractivity contribution in [2.75, 3.05) is 39.2 Å². The molecule has 0 bridgehead atoms. The normalized spacial score (nSPS) is 23.1. The first kappa shape index (κ1) is 13.7. The molecular formula is C11H21ClN2O2. The summed E-state index contributed by atoms with van der Waals surface area (Å²) >= 11 is 5.73. The van der Waals surface area contributed by atoms with E-state index in [1.54, 1.807) is 0 Å². The maximum atomic E-state index is 11.8. The van der Waals surface area contributed by atoms with Gasteiger partial charge in [-0.05, 0) is 20.9 Å². The molecule has 1 aliphatic heterocycles. The molecule has 4 nitrogen and oxygen atoms in total. The molecule has 1 saturated heterocycles. The first-order chi connectivity index (χ1) is 7.45. The number of alkyl halides is 1. The molecule has 94 valence electrons. The van der Waals surface area contributed by atoms with Crippen molar-refractivity contribution in [1.29, 1.82) is 0 Å². The summed E-state index contributed by atoms with van der Waals surface area (Å²) < 4.78 is 5.56. The fourth-order valence-electron chi connectivity index (χ4n) is 1.50. The van der Waals surface area contributed by atoms with Crippen LogP contribution in [0.25, 0.3) is 0 Å². The molecule has 0 saturated carbocycles. The molecule has 1 aliphatic rings. The second kappa shape index (κ2) is 5.84. The Balaban J connectivity index is 2.31. The molecule has 0 spiro atoms. The van der Waals surface area contributed by atoms with Gasteiger partial charge in [0.05, 0.1) is 18.1 Å². The van der Waals surface area contributed by atoms with Crippen molar-refractivity contribution in [3.05, 3.63) is 0 Å². The SMILES string of the molecule is CN1CCOC(CNC(=O)C(C)(C)CCl)C1. The number of nitrogens with one attached hydrogen (secondary N) is 1. The van der Waals surface area contributed by atoms with Gasteiger partial charge in [-0.25, -0.2) is 0 Å². The number of rotatable bonds is 4. The zero-order chi connectivity index (χ0) is 12.2. The van der Waals surface area contributed by atoms with Crippen LogP contribution in [0.15, 0.2) is 0 Å². The minimum Gasteiger partial charge on any atom is -0.374 e. The van der Waals surface area contributed by atoms with E-state index in [9.17, 15) is 4.79 Å². The van der Waals surface area contributed by atoms with Gasteiger partial charge in [0.1, 0.15) is 0 Å². The molecule has 1 heterocycles. The molecule has 0 aromatic rings. The standard InChI is InChI=1S/C11H21ClN2O2/c1-11(2,8-12)10(15)13-6-9-7-14(3)4-5-16-9/h9H,4-8H2,1-3H3,(H,13,15). The molecule has 1 unspecified atom stereocenters. The van der Waals surface area contributed by atoms with Gasteiger partial charge >= 0.3 is 0 Å². The zero-order valence-electron chi connectivity index (χ0n) is 10.3. The van der Waals surface area contributed by atoms with E-state index in [-0.39, 0.29) is 12.0 Å². The largest absolute Gasteiger partial charge is 0.374 e. The predicted molar refractivity (Wildman–Crippen MR) is 64.7 cm³/mol. The van der Waals surface area contributed by atoms with Crippen LogP contribution in [-0.2, 0) is 9.53 Å². The average molecular weight is 249 g/mol. The molecule has 1 atom stereocenters. The van der Waals surface area contributed by atoms with Crippen LogP contribution in [0.4, 0.5) is 0 Å². The smallest absolute Gasteiger partial charge is 0.226 e. The maximum absolute atomic E-state index is 11.8. The van der Waals surface area contributed by atoms with E-state index in [4.69, 9.17) is 16.3 Å². The number of carbonyl (C=O) groups excluding carboxylic acids is 1. The lowest BCUT2D eigenvalue weighted by atomic mass is 9.95.